The van der Waals surface area contributed by atoms with E-state index in [0.29, 0.717) is 46.9 Å². The van der Waals surface area contributed by atoms with E-state index in [1.165, 1.54) is 6.20 Å². The molecule has 1 aliphatic rings. The molecule has 0 saturated carbocycles. The van der Waals surface area contributed by atoms with E-state index in [1.54, 1.807) is 29.9 Å². The summed E-state index contributed by atoms with van der Waals surface area (Å²) in [7, 11) is 1.60. The molecule has 3 aromatic rings. The Morgan fingerprint density at radius 1 is 1.16 bits per heavy atom. The summed E-state index contributed by atoms with van der Waals surface area (Å²) in [5.41, 5.74) is 1.13. The molecule has 11 heteroatoms. The average Bonchev–Trinajstić information content (AvgIpc) is 3.25. The molecule has 0 spiro atoms. The number of amides is 2. The largest absolute Gasteiger partial charge is 0.489 e. The van der Waals surface area contributed by atoms with Gasteiger partial charge in [-0.2, -0.15) is 0 Å². The van der Waals surface area contributed by atoms with Crippen LogP contribution in [0, 0.1) is 0 Å². The number of nitrogens with zero attached hydrogens (tertiary/aromatic N) is 4. The maximum atomic E-state index is 13.4. The van der Waals surface area contributed by atoms with Crippen LogP contribution in [0.15, 0.2) is 36.5 Å². The van der Waals surface area contributed by atoms with Crippen LogP contribution < -0.4 is 15.4 Å². The molecular formula is C26H33ClN6O4. The van der Waals surface area contributed by atoms with Crippen molar-refractivity contribution in [2.24, 2.45) is 0 Å². The molecule has 3 heterocycles. The van der Waals surface area contributed by atoms with Crippen LogP contribution in [0.1, 0.15) is 37.3 Å². The Labute approximate surface area is 221 Å². The predicted octanol–water partition coefficient (Wildman–Crippen LogP) is 3.35. The third-order valence-electron chi connectivity index (χ3n) is 6.38. The molecule has 0 atom stereocenters. The zero-order chi connectivity index (χ0) is 26.4. The van der Waals surface area contributed by atoms with Crippen molar-refractivity contribution in [2.45, 2.75) is 45.3 Å². The van der Waals surface area contributed by atoms with Gasteiger partial charge in [0.15, 0.2) is 0 Å². The summed E-state index contributed by atoms with van der Waals surface area (Å²) in [5.74, 6) is 0.375. The molecule has 2 amide bonds. The second-order valence-electron chi connectivity index (χ2n) is 9.27. The fourth-order valence-electron chi connectivity index (χ4n) is 4.39. The van der Waals surface area contributed by atoms with Gasteiger partial charge in [0, 0.05) is 38.5 Å². The molecule has 1 aromatic carbocycles. The number of pyridine rings is 1. The van der Waals surface area contributed by atoms with Crippen LogP contribution in [-0.4, -0.2) is 76.7 Å². The highest BCUT2D eigenvalue weighted by Crippen LogP contribution is 2.27. The Balaban J connectivity index is 1.58. The molecule has 1 saturated heterocycles. The monoisotopic (exact) mass is 528 g/mol. The number of anilines is 1. The van der Waals surface area contributed by atoms with Gasteiger partial charge in [-0.25, -0.2) is 9.97 Å². The number of likely N-dealkylation sites (tertiary alicyclic amines) is 1. The van der Waals surface area contributed by atoms with Crippen LogP contribution in [0.25, 0.3) is 11.0 Å². The number of carbonyl (C=O) groups excluding carboxylic acids is 2. The first-order valence-corrected chi connectivity index (χ1v) is 12.8. The summed E-state index contributed by atoms with van der Waals surface area (Å²) in [4.78, 5) is 37.5. The van der Waals surface area contributed by atoms with Crippen LogP contribution in [0.3, 0.4) is 0 Å². The first kappa shape index (κ1) is 26.8. The van der Waals surface area contributed by atoms with E-state index in [9.17, 15) is 9.59 Å². The summed E-state index contributed by atoms with van der Waals surface area (Å²) in [6.07, 6.45) is 3.17. The lowest BCUT2D eigenvalue weighted by Crippen LogP contribution is -2.47. The number of fused-ring (bicyclic) bond motifs is 1. The average molecular weight is 529 g/mol. The number of hydrogen-bond donors (Lipinski definition) is 2. The van der Waals surface area contributed by atoms with E-state index >= 15 is 0 Å². The van der Waals surface area contributed by atoms with Gasteiger partial charge in [-0.1, -0.05) is 17.7 Å². The first-order valence-electron chi connectivity index (χ1n) is 12.4. The van der Waals surface area contributed by atoms with E-state index < -0.39 is 0 Å². The van der Waals surface area contributed by atoms with Crippen molar-refractivity contribution in [1.82, 2.24) is 24.8 Å². The second-order valence-corrected chi connectivity index (χ2v) is 9.71. The van der Waals surface area contributed by atoms with Crippen LogP contribution in [0.4, 0.5) is 5.82 Å². The Morgan fingerprint density at radius 2 is 1.95 bits per heavy atom. The Kier molecular flexibility index (Phi) is 8.96. The number of hydrogen-bond acceptors (Lipinski definition) is 7. The van der Waals surface area contributed by atoms with Gasteiger partial charge >= 0.3 is 0 Å². The number of rotatable bonds is 10. The van der Waals surface area contributed by atoms with Crippen molar-refractivity contribution >= 4 is 40.3 Å². The highest BCUT2D eigenvalue weighted by molar-refractivity contribution is 6.30. The highest BCUT2D eigenvalue weighted by atomic mass is 35.5. The van der Waals surface area contributed by atoms with Gasteiger partial charge in [0.05, 0.1) is 17.1 Å². The molecule has 0 radical (unpaired) electrons. The van der Waals surface area contributed by atoms with E-state index in [-0.39, 0.29) is 30.2 Å². The normalized spacial score (nSPS) is 14.7. The summed E-state index contributed by atoms with van der Waals surface area (Å²) in [6.45, 7) is 6.82. The lowest BCUT2D eigenvalue weighted by molar-refractivity contribution is -0.116. The second kappa shape index (κ2) is 12.4. The molecule has 37 heavy (non-hydrogen) atoms. The number of nitrogens with one attached hydrogen (secondary N) is 2. The summed E-state index contributed by atoms with van der Waals surface area (Å²) >= 11 is 5.89. The van der Waals surface area contributed by atoms with Gasteiger partial charge in [0.25, 0.3) is 5.91 Å². The lowest BCUT2D eigenvalue weighted by Gasteiger charge is -2.34. The van der Waals surface area contributed by atoms with Crippen molar-refractivity contribution in [2.75, 3.05) is 38.7 Å². The predicted molar refractivity (Wildman–Crippen MR) is 142 cm³/mol. The van der Waals surface area contributed by atoms with Gasteiger partial charge in [0.2, 0.25) is 11.7 Å². The van der Waals surface area contributed by atoms with E-state index in [1.807, 2.05) is 12.1 Å². The first-order chi connectivity index (χ1) is 17.9. The van der Waals surface area contributed by atoms with Crippen molar-refractivity contribution in [3.8, 4) is 5.75 Å². The summed E-state index contributed by atoms with van der Waals surface area (Å²) in [5, 5.41) is 6.35. The number of benzene rings is 1. The molecule has 4 rings (SSSR count). The number of halogens is 1. The Hall–Kier alpha value is -3.21. The van der Waals surface area contributed by atoms with Crippen LogP contribution in [-0.2, 0) is 16.1 Å². The number of imidazole rings is 1. The number of ether oxygens (including phenoxy) is 2. The third-order valence-corrected chi connectivity index (χ3v) is 6.61. The Morgan fingerprint density at radius 3 is 2.62 bits per heavy atom. The van der Waals surface area contributed by atoms with Crippen LogP contribution >= 0.6 is 11.6 Å². The SMILES string of the molecule is COCCOc1cccc2c1nc(C(=O)NC1CCN(C(C)C)CC1)n2CC(=O)Nc1ccc(Cl)cn1. The molecule has 2 aromatic heterocycles. The minimum atomic E-state index is -0.348. The van der Waals surface area contributed by atoms with Crippen molar-refractivity contribution in [3.63, 3.8) is 0 Å². The molecule has 0 bridgehead atoms. The minimum absolute atomic E-state index is 0.0419. The molecule has 2 N–H and O–H groups in total. The maximum Gasteiger partial charge on any atom is 0.287 e. The molecule has 198 valence electrons. The zero-order valence-corrected chi connectivity index (χ0v) is 22.1. The molecule has 0 aliphatic carbocycles. The van der Waals surface area contributed by atoms with Gasteiger partial charge < -0.3 is 29.6 Å². The maximum absolute atomic E-state index is 13.4. The summed E-state index contributed by atoms with van der Waals surface area (Å²) < 4.78 is 12.5. The number of methoxy groups -OCH3 is 1. The number of piperidine rings is 1. The number of carbonyl (C=O) groups is 2. The highest BCUT2D eigenvalue weighted by Gasteiger charge is 2.26. The quantitative estimate of drug-likeness (QED) is 0.388. The van der Waals surface area contributed by atoms with Crippen molar-refractivity contribution in [1.29, 1.82) is 0 Å². The summed E-state index contributed by atoms with van der Waals surface area (Å²) in [6, 6.07) is 9.19. The number of aromatic nitrogens is 3. The molecular weight excluding hydrogens is 496 g/mol. The lowest BCUT2D eigenvalue weighted by atomic mass is 10.0. The van der Waals surface area contributed by atoms with Gasteiger partial charge in [-0.05, 0) is 51.0 Å². The Bertz CT molecular complexity index is 1220. The topological polar surface area (TPSA) is 111 Å². The molecule has 1 aliphatic heterocycles. The number of para-hydroxylation sites is 1. The third kappa shape index (κ3) is 6.76. The fraction of sp³-hybridized carbons (Fsp3) is 0.462. The molecule has 0 unspecified atom stereocenters. The van der Waals surface area contributed by atoms with Crippen molar-refractivity contribution < 1.29 is 19.1 Å². The van der Waals surface area contributed by atoms with E-state index in [4.69, 9.17) is 21.1 Å². The van der Waals surface area contributed by atoms with Crippen LogP contribution in [0.5, 0.6) is 5.75 Å². The van der Waals surface area contributed by atoms with Gasteiger partial charge in [0.1, 0.15) is 30.2 Å². The standard InChI is InChI=1S/C26H33ClN6O4/c1-17(2)32-11-9-19(10-12-32)29-26(35)25-31-24-20(5-4-6-21(24)37-14-13-36-3)33(25)16-23(34)30-22-8-7-18(27)15-28-22/h4-8,15,17,19H,9-14,16H2,1-3H3,(H,29,35)(H,28,30,34). The van der Waals surface area contributed by atoms with Gasteiger partial charge in [-0.15, -0.1) is 0 Å². The minimum Gasteiger partial charge on any atom is -0.489 e. The van der Waals surface area contributed by atoms with Crippen molar-refractivity contribution in [3.05, 3.63) is 47.4 Å². The van der Waals surface area contributed by atoms with E-state index in [0.717, 1.165) is 25.9 Å². The smallest absolute Gasteiger partial charge is 0.287 e. The van der Waals surface area contributed by atoms with E-state index in [2.05, 4.69) is 39.3 Å². The fourth-order valence-corrected chi connectivity index (χ4v) is 4.50. The van der Waals surface area contributed by atoms with Gasteiger partial charge in [-0.3, -0.25) is 9.59 Å². The van der Waals surface area contributed by atoms with Crippen LogP contribution in [0.2, 0.25) is 5.02 Å². The molecule has 10 nitrogen and oxygen atoms in total. The molecule has 1 fully saturated rings. The zero-order valence-electron chi connectivity index (χ0n) is 21.4.